The molecule has 22 heavy (non-hydrogen) atoms. The number of nitrogens with zero attached hydrogens (tertiary/aromatic N) is 1. The molecule has 0 spiro atoms. The van der Waals surface area contributed by atoms with Crippen molar-refractivity contribution in [3.05, 3.63) is 34.4 Å². The first-order valence-corrected chi connectivity index (χ1v) is 8.17. The fraction of sp³-hybridized carbons (Fsp3) is 0.333. The third kappa shape index (κ3) is 3.26. The molecule has 1 fully saturated rings. The SMILES string of the molecule is C=C1COC(c2ccc(S(=O)(=O)[N-]S(=O)(=O)C(F)(F)F)o2)O1. The smallest absolute Gasteiger partial charge is 0.460 e. The number of halogens is 3. The van der Waals surface area contributed by atoms with Crippen LogP contribution in [0.1, 0.15) is 12.1 Å². The van der Waals surface area contributed by atoms with Crippen LogP contribution in [0.4, 0.5) is 13.2 Å². The molecule has 0 bridgehead atoms. The third-order valence-electron chi connectivity index (χ3n) is 2.25. The summed E-state index contributed by atoms with van der Waals surface area (Å²) in [6.45, 7) is 3.45. The number of sulfonamides is 2. The van der Waals surface area contributed by atoms with E-state index in [0.717, 1.165) is 12.1 Å². The maximum Gasteiger partial charge on any atom is 0.480 e. The average molecular weight is 362 g/mol. The van der Waals surface area contributed by atoms with Crippen LogP contribution in [0.15, 0.2) is 34.0 Å². The Labute approximate surface area is 122 Å². The lowest BCUT2D eigenvalue weighted by Gasteiger charge is -2.20. The van der Waals surface area contributed by atoms with Crippen molar-refractivity contribution in [3.63, 3.8) is 0 Å². The fourth-order valence-electron chi connectivity index (χ4n) is 1.34. The first kappa shape index (κ1) is 16.8. The highest BCUT2D eigenvalue weighted by Gasteiger charge is 2.41. The summed E-state index contributed by atoms with van der Waals surface area (Å²) in [5.74, 6) is 0.0342. The van der Waals surface area contributed by atoms with Crippen LogP contribution in [0.25, 0.3) is 4.13 Å². The van der Waals surface area contributed by atoms with Gasteiger partial charge in [0.15, 0.2) is 15.8 Å². The van der Waals surface area contributed by atoms with E-state index in [1.165, 1.54) is 0 Å². The summed E-state index contributed by atoms with van der Waals surface area (Å²) in [4.78, 5) is 0. The molecule has 0 radical (unpaired) electrons. The summed E-state index contributed by atoms with van der Waals surface area (Å²) in [5.41, 5.74) is -5.84. The third-order valence-corrected chi connectivity index (χ3v) is 5.13. The van der Waals surface area contributed by atoms with Crippen LogP contribution in [0.5, 0.6) is 0 Å². The van der Waals surface area contributed by atoms with Gasteiger partial charge >= 0.3 is 5.51 Å². The maximum absolute atomic E-state index is 12.1. The van der Waals surface area contributed by atoms with E-state index < -0.39 is 36.9 Å². The van der Waals surface area contributed by atoms with E-state index in [0.29, 0.717) is 0 Å². The summed E-state index contributed by atoms with van der Waals surface area (Å²) >= 11 is 0. The molecule has 0 aliphatic carbocycles. The van der Waals surface area contributed by atoms with Crippen LogP contribution >= 0.6 is 0 Å². The van der Waals surface area contributed by atoms with Gasteiger partial charge in [-0.15, -0.1) is 0 Å². The monoisotopic (exact) mass is 362 g/mol. The van der Waals surface area contributed by atoms with Crippen LogP contribution in [0.2, 0.25) is 0 Å². The predicted molar refractivity (Wildman–Crippen MR) is 63.1 cm³/mol. The van der Waals surface area contributed by atoms with Crippen LogP contribution in [-0.2, 0) is 29.5 Å². The van der Waals surface area contributed by atoms with E-state index in [4.69, 9.17) is 13.9 Å². The topological polar surface area (TPSA) is 114 Å². The summed E-state index contributed by atoms with van der Waals surface area (Å²) in [6.07, 6.45) is -1.13. The van der Waals surface area contributed by atoms with E-state index in [9.17, 15) is 30.0 Å². The summed E-state index contributed by atoms with van der Waals surface area (Å²) in [7, 11) is -11.4. The largest absolute Gasteiger partial charge is 0.480 e. The van der Waals surface area contributed by atoms with Crippen molar-refractivity contribution in [2.45, 2.75) is 16.9 Å². The van der Waals surface area contributed by atoms with Gasteiger partial charge in [0.2, 0.25) is 5.09 Å². The van der Waals surface area contributed by atoms with Gasteiger partial charge in [-0.25, -0.2) is 16.8 Å². The molecule has 2 heterocycles. The lowest BCUT2D eigenvalue weighted by Crippen LogP contribution is -2.24. The van der Waals surface area contributed by atoms with Gasteiger partial charge in [0.1, 0.15) is 22.4 Å². The average Bonchev–Trinajstić information content (AvgIpc) is 2.93. The van der Waals surface area contributed by atoms with E-state index in [1.54, 1.807) is 0 Å². The van der Waals surface area contributed by atoms with Gasteiger partial charge in [-0.05, 0) is 12.1 Å². The number of ether oxygens (including phenoxy) is 2. The van der Waals surface area contributed by atoms with Crippen molar-refractivity contribution in [3.8, 4) is 0 Å². The van der Waals surface area contributed by atoms with Crippen LogP contribution in [0.3, 0.4) is 0 Å². The summed E-state index contributed by atoms with van der Waals surface area (Å²) in [6, 6.07) is 1.76. The molecule has 1 aliphatic rings. The molecule has 1 saturated heterocycles. The van der Waals surface area contributed by atoms with Crippen molar-refractivity contribution in [2.75, 3.05) is 6.61 Å². The molecule has 1 aromatic heterocycles. The molecule has 1 aliphatic heterocycles. The van der Waals surface area contributed by atoms with Crippen molar-refractivity contribution in [2.24, 2.45) is 0 Å². The molecule has 0 N–H and O–H groups in total. The molecule has 2 rings (SSSR count). The molecule has 13 heteroatoms. The zero-order valence-electron chi connectivity index (χ0n) is 10.4. The summed E-state index contributed by atoms with van der Waals surface area (Å²) < 4.78 is 97.7. The molecular weight excluding hydrogens is 355 g/mol. The van der Waals surface area contributed by atoms with Gasteiger partial charge in [-0.1, -0.05) is 6.58 Å². The van der Waals surface area contributed by atoms with E-state index in [-0.39, 0.29) is 18.1 Å². The minimum Gasteiger partial charge on any atom is -0.460 e. The number of hydrogen-bond acceptors (Lipinski definition) is 7. The standard InChI is InChI=1S/C9H7F3NO7S2/c1-5-4-18-8(19-5)6-2-3-7(20-6)21(14,15)13-22(16,17)9(10,11)12/h2-3,8H,1,4H2/q-1. The van der Waals surface area contributed by atoms with Gasteiger partial charge in [0.05, 0.1) is 0 Å². The Morgan fingerprint density at radius 3 is 2.36 bits per heavy atom. The molecule has 1 unspecified atom stereocenters. The first-order chi connectivity index (χ1) is 9.92. The normalized spacial score (nSPS) is 20.1. The highest BCUT2D eigenvalue weighted by Crippen LogP contribution is 2.35. The Morgan fingerprint density at radius 1 is 1.23 bits per heavy atom. The fourth-order valence-corrected chi connectivity index (χ4v) is 3.44. The van der Waals surface area contributed by atoms with Crippen LogP contribution in [-0.4, -0.2) is 29.0 Å². The van der Waals surface area contributed by atoms with E-state index >= 15 is 0 Å². The highest BCUT2D eigenvalue weighted by molar-refractivity contribution is 8.12. The minimum absolute atomic E-state index is 0.0142. The molecule has 1 atom stereocenters. The number of alkyl halides is 3. The van der Waals surface area contributed by atoms with Crippen LogP contribution in [0, 0.1) is 0 Å². The van der Waals surface area contributed by atoms with Crippen molar-refractivity contribution in [1.29, 1.82) is 0 Å². The lowest BCUT2D eigenvalue weighted by molar-refractivity contribution is -0.0511. The predicted octanol–water partition coefficient (Wildman–Crippen LogP) is 1.75. The quantitative estimate of drug-likeness (QED) is 0.801. The molecule has 1 aromatic rings. The molecule has 0 amide bonds. The molecule has 0 saturated carbocycles. The Bertz CT molecular complexity index is 793. The Hall–Kier alpha value is -1.57. The zero-order chi connectivity index (χ0) is 16.8. The van der Waals surface area contributed by atoms with Crippen molar-refractivity contribution >= 4 is 20.0 Å². The number of rotatable bonds is 4. The van der Waals surface area contributed by atoms with Crippen molar-refractivity contribution < 1.29 is 43.9 Å². The second kappa shape index (κ2) is 5.26. The Kier molecular flexibility index (Phi) is 4.01. The molecule has 8 nitrogen and oxygen atoms in total. The van der Waals surface area contributed by atoms with E-state index in [1.807, 2.05) is 4.13 Å². The first-order valence-electron chi connectivity index (χ1n) is 5.29. The van der Waals surface area contributed by atoms with Crippen LogP contribution < -0.4 is 0 Å². The molecular formula is C9H7F3NO7S2-. The molecule has 124 valence electrons. The number of hydrogen-bond donors (Lipinski definition) is 0. The van der Waals surface area contributed by atoms with Crippen molar-refractivity contribution in [1.82, 2.24) is 0 Å². The van der Waals surface area contributed by atoms with Gasteiger partial charge in [0, 0.05) is 0 Å². The second-order valence-corrected chi connectivity index (χ2v) is 7.29. The van der Waals surface area contributed by atoms with Gasteiger partial charge in [-0.2, -0.15) is 13.2 Å². The summed E-state index contributed by atoms with van der Waals surface area (Å²) in [5, 5.41) is -1.10. The lowest BCUT2D eigenvalue weighted by atomic mass is 10.4. The minimum atomic E-state index is -6.22. The molecule has 0 aromatic carbocycles. The zero-order valence-corrected chi connectivity index (χ0v) is 12.0. The van der Waals surface area contributed by atoms with E-state index in [2.05, 4.69) is 6.58 Å². The van der Waals surface area contributed by atoms with Gasteiger partial charge < -0.3 is 18.0 Å². The highest BCUT2D eigenvalue weighted by atomic mass is 32.3. The second-order valence-electron chi connectivity index (χ2n) is 3.93. The Morgan fingerprint density at radius 2 is 1.86 bits per heavy atom. The Balaban J connectivity index is 2.25. The van der Waals surface area contributed by atoms with Gasteiger partial charge in [0.25, 0.3) is 6.29 Å². The maximum atomic E-state index is 12.1. The number of furan rings is 1. The van der Waals surface area contributed by atoms with Gasteiger partial charge in [-0.3, -0.25) is 0 Å².